The number of carbonyl (C=O) groups is 1. The quantitative estimate of drug-likeness (QED) is 0.487. The van der Waals surface area contributed by atoms with Gasteiger partial charge in [0, 0.05) is 0 Å². The van der Waals surface area contributed by atoms with E-state index in [1.807, 2.05) is 0 Å². The molecule has 1 aromatic carbocycles. The van der Waals surface area contributed by atoms with Crippen molar-refractivity contribution in [3.63, 3.8) is 0 Å². The van der Waals surface area contributed by atoms with Gasteiger partial charge in [-0.3, -0.25) is 5.32 Å². The minimum Gasteiger partial charge on any atom is -0.444 e. The topological polar surface area (TPSA) is 38.3 Å². The summed E-state index contributed by atoms with van der Waals surface area (Å²) in [6, 6.07) is 0. The van der Waals surface area contributed by atoms with Gasteiger partial charge in [-0.25, -0.2) is 22.4 Å². The Kier molecular flexibility index (Phi) is 4.28. The van der Waals surface area contributed by atoms with Crippen molar-refractivity contribution in [1.29, 1.82) is 0 Å². The fraction of sp³-hybridized carbons (Fsp3) is 0.308. The Hall–Kier alpha value is -2.23. The second-order valence-electron chi connectivity index (χ2n) is 4.78. The summed E-state index contributed by atoms with van der Waals surface area (Å²) >= 11 is 0. The molecule has 20 heavy (non-hydrogen) atoms. The van der Waals surface area contributed by atoms with Crippen molar-refractivity contribution in [2.24, 2.45) is 0 Å². The summed E-state index contributed by atoms with van der Waals surface area (Å²) in [7, 11) is 0. The third-order valence-electron chi connectivity index (χ3n) is 2.03. The van der Waals surface area contributed by atoms with Gasteiger partial charge >= 0.3 is 6.09 Å². The molecule has 0 unspecified atom stereocenters. The molecule has 3 nitrogen and oxygen atoms in total. The average molecular weight is 289 g/mol. The molecule has 0 saturated heterocycles. The summed E-state index contributed by atoms with van der Waals surface area (Å²) in [4.78, 5) is 11.4. The van der Waals surface area contributed by atoms with Gasteiger partial charge in [0.1, 0.15) is 16.9 Å². The van der Waals surface area contributed by atoms with Crippen LogP contribution in [0.3, 0.4) is 0 Å². The predicted molar refractivity (Wildman–Crippen MR) is 64.1 cm³/mol. The van der Waals surface area contributed by atoms with Crippen molar-refractivity contribution in [3.05, 3.63) is 28.8 Å². The molecular formula is C13H11F4NO2. The highest BCUT2D eigenvalue weighted by molar-refractivity contribution is 5.85. The Balaban J connectivity index is 3.22. The molecule has 0 aromatic heterocycles. The number of anilines is 1. The lowest BCUT2D eigenvalue weighted by Crippen LogP contribution is -2.28. The summed E-state index contributed by atoms with van der Waals surface area (Å²) in [6.07, 6.45) is 3.49. The van der Waals surface area contributed by atoms with Gasteiger partial charge in [0.25, 0.3) is 0 Å². The van der Waals surface area contributed by atoms with Crippen molar-refractivity contribution < 1.29 is 27.1 Å². The van der Waals surface area contributed by atoms with E-state index >= 15 is 0 Å². The number of ether oxygens (including phenoxy) is 1. The smallest absolute Gasteiger partial charge is 0.412 e. The fourth-order valence-corrected chi connectivity index (χ4v) is 1.27. The van der Waals surface area contributed by atoms with E-state index < -0.39 is 46.2 Å². The standard InChI is InChI=1S/C13H11F4NO2/c1-5-6-7(14)9(16)11(10(17)8(6)15)18-12(19)20-13(2,3)4/h1H,2-4H3,(H,18,19). The van der Waals surface area contributed by atoms with E-state index in [1.165, 1.54) is 26.7 Å². The summed E-state index contributed by atoms with van der Waals surface area (Å²) in [5.41, 5.74) is -3.43. The highest BCUT2D eigenvalue weighted by Crippen LogP contribution is 2.28. The first-order valence-electron chi connectivity index (χ1n) is 5.41. The Morgan fingerprint density at radius 2 is 1.55 bits per heavy atom. The number of amides is 1. The molecule has 7 heteroatoms. The van der Waals surface area contributed by atoms with Gasteiger partial charge in [-0.2, -0.15) is 0 Å². The van der Waals surface area contributed by atoms with Gasteiger partial charge in [-0.1, -0.05) is 5.92 Å². The third kappa shape index (κ3) is 3.20. The van der Waals surface area contributed by atoms with Crippen LogP contribution in [0.5, 0.6) is 0 Å². The van der Waals surface area contributed by atoms with E-state index in [4.69, 9.17) is 11.2 Å². The van der Waals surface area contributed by atoms with Gasteiger partial charge in [-0.15, -0.1) is 6.42 Å². The van der Waals surface area contributed by atoms with Crippen LogP contribution in [0.15, 0.2) is 0 Å². The molecule has 0 bridgehead atoms. The zero-order valence-electron chi connectivity index (χ0n) is 10.9. The van der Waals surface area contributed by atoms with Crippen molar-refractivity contribution in [2.45, 2.75) is 26.4 Å². The fourth-order valence-electron chi connectivity index (χ4n) is 1.27. The van der Waals surface area contributed by atoms with Crippen LogP contribution in [0.25, 0.3) is 0 Å². The highest BCUT2D eigenvalue weighted by atomic mass is 19.2. The predicted octanol–water partition coefficient (Wildman–Crippen LogP) is 3.57. The Labute approximate surface area is 112 Å². The van der Waals surface area contributed by atoms with Crippen LogP contribution in [-0.4, -0.2) is 11.7 Å². The maximum atomic E-state index is 13.5. The summed E-state index contributed by atoms with van der Waals surface area (Å²) < 4.78 is 58.5. The molecule has 108 valence electrons. The van der Waals surface area contributed by atoms with Crippen molar-refractivity contribution in [1.82, 2.24) is 0 Å². The first kappa shape index (κ1) is 15.8. The molecule has 1 amide bonds. The van der Waals surface area contributed by atoms with Crippen LogP contribution in [0.4, 0.5) is 28.0 Å². The van der Waals surface area contributed by atoms with Crippen LogP contribution in [-0.2, 0) is 4.74 Å². The molecule has 0 spiro atoms. The zero-order valence-corrected chi connectivity index (χ0v) is 10.9. The molecule has 0 radical (unpaired) electrons. The van der Waals surface area contributed by atoms with Gasteiger partial charge in [0.05, 0.1) is 0 Å². The summed E-state index contributed by atoms with van der Waals surface area (Å²) in [6.45, 7) is 4.51. The van der Waals surface area contributed by atoms with Gasteiger partial charge < -0.3 is 4.74 Å². The zero-order chi connectivity index (χ0) is 15.7. The van der Waals surface area contributed by atoms with Crippen LogP contribution < -0.4 is 5.32 Å². The molecule has 0 heterocycles. The molecule has 1 N–H and O–H groups in total. The molecule has 0 aliphatic rings. The molecule has 0 atom stereocenters. The molecule has 0 aliphatic heterocycles. The van der Waals surface area contributed by atoms with Crippen LogP contribution in [0.1, 0.15) is 26.3 Å². The molecule has 1 rings (SSSR count). The molecular weight excluding hydrogens is 278 g/mol. The lowest BCUT2D eigenvalue weighted by Gasteiger charge is -2.20. The largest absolute Gasteiger partial charge is 0.444 e. The minimum atomic E-state index is -1.80. The number of hydrogen-bond acceptors (Lipinski definition) is 2. The first-order chi connectivity index (χ1) is 9.08. The lowest BCUT2D eigenvalue weighted by atomic mass is 10.1. The Bertz CT molecular complexity index is 571. The number of rotatable bonds is 1. The number of halogens is 4. The minimum absolute atomic E-state index is 0.952. The third-order valence-corrected chi connectivity index (χ3v) is 2.03. The molecule has 0 saturated carbocycles. The van der Waals surface area contributed by atoms with Crippen LogP contribution in [0.2, 0.25) is 0 Å². The SMILES string of the molecule is C#Cc1c(F)c(F)c(NC(=O)OC(C)(C)C)c(F)c1F. The monoisotopic (exact) mass is 289 g/mol. The Morgan fingerprint density at radius 1 is 1.10 bits per heavy atom. The molecule has 0 fully saturated rings. The second-order valence-corrected chi connectivity index (χ2v) is 4.78. The second kappa shape index (κ2) is 5.41. The van der Waals surface area contributed by atoms with E-state index in [0.717, 1.165) is 0 Å². The van der Waals surface area contributed by atoms with Gasteiger partial charge in [0.15, 0.2) is 23.3 Å². The van der Waals surface area contributed by atoms with Crippen LogP contribution >= 0.6 is 0 Å². The van der Waals surface area contributed by atoms with Crippen LogP contribution in [0, 0.1) is 35.6 Å². The number of nitrogens with one attached hydrogen (secondary N) is 1. The summed E-state index contributed by atoms with van der Waals surface area (Å²) in [5, 5.41) is 1.61. The van der Waals surface area contributed by atoms with E-state index in [-0.39, 0.29) is 0 Å². The highest BCUT2D eigenvalue weighted by Gasteiger charge is 2.27. The maximum Gasteiger partial charge on any atom is 0.412 e. The molecule has 0 aliphatic carbocycles. The number of hydrogen-bond donors (Lipinski definition) is 1. The number of terminal acetylenes is 1. The average Bonchev–Trinajstić information content (AvgIpc) is 2.31. The van der Waals surface area contributed by atoms with E-state index in [0.29, 0.717) is 0 Å². The van der Waals surface area contributed by atoms with Gasteiger partial charge in [0.2, 0.25) is 0 Å². The van der Waals surface area contributed by atoms with Gasteiger partial charge in [-0.05, 0) is 20.8 Å². The van der Waals surface area contributed by atoms with E-state index in [2.05, 4.69) is 0 Å². The molecule has 1 aromatic rings. The number of carbonyl (C=O) groups excluding carboxylic acids is 1. The lowest BCUT2D eigenvalue weighted by molar-refractivity contribution is 0.0634. The van der Waals surface area contributed by atoms with E-state index in [9.17, 15) is 22.4 Å². The van der Waals surface area contributed by atoms with Crippen molar-refractivity contribution in [3.8, 4) is 12.3 Å². The number of benzene rings is 1. The van der Waals surface area contributed by atoms with E-state index in [1.54, 1.807) is 5.32 Å². The summed E-state index contributed by atoms with van der Waals surface area (Å²) in [5.74, 6) is -5.65. The maximum absolute atomic E-state index is 13.5. The van der Waals surface area contributed by atoms with Crippen molar-refractivity contribution in [2.75, 3.05) is 5.32 Å². The Morgan fingerprint density at radius 3 is 1.90 bits per heavy atom. The first-order valence-corrected chi connectivity index (χ1v) is 5.41. The van der Waals surface area contributed by atoms with Crippen molar-refractivity contribution >= 4 is 11.8 Å². The normalized spacial score (nSPS) is 10.9.